The zero-order chi connectivity index (χ0) is 30.6. The van der Waals surface area contributed by atoms with Crippen molar-refractivity contribution in [3.63, 3.8) is 0 Å². The van der Waals surface area contributed by atoms with E-state index in [1.807, 2.05) is 0 Å². The topological polar surface area (TPSA) is 167 Å². The highest BCUT2D eigenvalue weighted by molar-refractivity contribution is 5.91. The van der Waals surface area contributed by atoms with Gasteiger partial charge in [-0.15, -0.1) is 0 Å². The molecule has 0 radical (unpaired) electrons. The van der Waals surface area contributed by atoms with Crippen LogP contribution in [-0.2, 0) is 14.2 Å². The number of rotatable bonds is 14. The molecule has 42 heavy (non-hydrogen) atoms. The fourth-order valence-electron chi connectivity index (χ4n) is 3.78. The molecule has 0 aliphatic carbocycles. The Hall–Kier alpha value is -5.13. The van der Waals surface area contributed by atoms with E-state index >= 15 is 0 Å². The molecule has 12 heteroatoms. The minimum atomic E-state index is -0.864. The molecule has 0 aliphatic heterocycles. The van der Waals surface area contributed by atoms with Gasteiger partial charge >= 0.3 is 17.9 Å². The van der Waals surface area contributed by atoms with E-state index in [0.717, 1.165) is 0 Å². The number of carbonyl (C=O) groups is 3. The molecule has 0 aromatic heterocycles. The minimum Gasteiger partial charge on any atom is -0.504 e. The highest BCUT2D eigenvalue weighted by atomic mass is 16.6. The molecule has 3 rings (SSSR count). The number of phenolic OH excluding ortho intramolecular Hbond substituents is 3. The first-order valence-corrected chi connectivity index (χ1v) is 12.8. The lowest BCUT2D eigenvalue weighted by Gasteiger charge is -2.18. The van der Waals surface area contributed by atoms with E-state index in [0.29, 0.717) is 12.8 Å². The zero-order valence-corrected chi connectivity index (χ0v) is 23.3. The molecule has 1 unspecified atom stereocenters. The van der Waals surface area contributed by atoms with Crippen molar-refractivity contribution in [3.05, 3.63) is 71.3 Å². The molecule has 3 aromatic rings. The van der Waals surface area contributed by atoms with Crippen molar-refractivity contribution in [2.24, 2.45) is 0 Å². The van der Waals surface area contributed by atoms with E-state index in [1.54, 1.807) is 0 Å². The quantitative estimate of drug-likeness (QED) is 0.140. The van der Waals surface area contributed by atoms with Gasteiger partial charge in [0.15, 0.2) is 34.5 Å². The number of benzene rings is 3. The lowest BCUT2D eigenvalue weighted by molar-refractivity contribution is -0.00384. The standard InChI is InChI=1S/C30H32O12/c1-37-25-14-18(7-10-22(25)31)28(34)40-13-5-4-6-21(42-30(36)20-9-12-24(33)27(16-20)39-3)17-41-29(35)19-8-11-23(32)26(15-19)38-2/h7-12,14-16,21,31-33H,4-6,13,17H2,1-3H3. The van der Waals surface area contributed by atoms with Gasteiger partial charge in [0.2, 0.25) is 0 Å². The maximum atomic E-state index is 12.8. The van der Waals surface area contributed by atoms with E-state index in [1.165, 1.54) is 75.9 Å². The molecule has 0 bridgehead atoms. The predicted octanol–water partition coefficient (Wildman–Crippen LogP) is 4.24. The Balaban J connectivity index is 1.61. The van der Waals surface area contributed by atoms with Gasteiger partial charge in [-0.05, 0) is 73.9 Å². The second-order valence-corrected chi connectivity index (χ2v) is 8.92. The van der Waals surface area contributed by atoms with Gasteiger partial charge in [-0.2, -0.15) is 0 Å². The van der Waals surface area contributed by atoms with Gasteiger partial charge in [-0.1, -0.05) is 0 Å². The summed E-state index contributed by atoms with van der Waals surface area (Å²) in [6.45, 7) is -0.221. The average Bonchev–Trinajstić information content (AvgIpc) is 2.99. The molecule has 0 amide bonds. The van der Waals surface area contributed by atoms with Gasteiger partial charge in [0.25, 0.3) is 0 Å². The van der Waals surface area contributed by atoms with Crippen LogP contribution < -0.4 is 14.2 Å². The molecule has 0 aliphatic rings. The first-order chi connectivity index (χ1) is 20.2. The van der Waals surface area contributed by atoms with Gasteiger partial charge in [0, 0.05) is 0 Å². The number of carbonyl (C=O) groups excluding carboxylic acids is 3. The predicted molar refractivity (Wildman–Crippen MR) is 148 cm³/mol. The third kappa shape index (κ3) is 8.43. The lowest BCUT2D eigenvalue weighted by Crippen LogP contribution is -2.25. The van der Waals surface area contributed by atoms with Gasteiger partial charge in [0.1, 0.15) is 12.7 Å². The van der Waals surface area contributed by atoms with Gasteiger partial charge in [-0.25, -0.2) is 14.4 Å². The number of hydrogen-bond acceptors (Lipinski definition) is 12. The SMILES string of the molecule is COc1cc(C(=O)OCCCCC(COC(=O)c2ccc(O)c(OC)c2)OC(=O)c2ccc(O)c(OC)c2)ccc1O. The van der Waals surface area contributed by atoms with E-state index in [4.69, 9.17) is 28.4 Å². The Labute approximate surface area is 241 Å². The normalized spacial score (nSPS) is 11.2. The molecule has 3 N–H and O–H groups in total. The highest BCUT2D eigenvalue weighted by Crippen LogP contribution is 2.29. The third-order valence-corrected chi connectivity index (χ3v) is 6.07. The number of aromatic hydroxyl groups is 3. The van der Waals surface area contributed by atoms with Gasteiger partial charge < -0.3 is 43.7 Å². The van der Waals surface area contributed by atoms with Crippen LogP contribution in [0.15, 0.2) is 54.6 Å². The summed E-state index contributed by atoms with van der Waals surface area (Å²) in [6, 6.07) is 12.1. The summed E-state index contributed by atoms with van der Waals surface area (Å²) >= 11 is 0. The monoisotopic (exact) mass is 584 g/mol. The van der Waals surface area contributed by atoms with Crippen molar-refractivity contribution in [1.29, 1.82) is 0 Å². The van der Waals surface area contributed by atoms with Crippen LogP contribution in [0.1, 0.15) is 50.3 Å². The smallest absolute Gasteiger partial charge is 0.338 e. The molecule has 0 saturated carbocycles. The number of ether oxygens (including phenoxy) is 6. The summed E-state index contributed by atoms with van der Waals surface area (Å²) in [5, 5.41) is 29.3. The van der Waals surface area contributed by atoms with Crippen molar-refractivity contribution in [3.8, 4) is 34.5 Å². The highest BCUT2D eigenvalue weighted by Gasteiger charge is 2.21. The fourth-order valence-corrected chi connectivity index (χ4v) is 3.78. The zero-order valence-electron chi connectivity index (χ0n) is 23.3. The van der Waals surface area contributed by atoms with Crippen molar-refractivity contribution >= 4 is 17.9 Å². The Bertz CT molecular complexity index is 1400. The average molecular weight is 585 g/mol. The molecule has 3 aromatic carbocycles. The van der Waals surface area contributed by atoms with Crippen LogP contribution in [0.25, 0.3) is 0 Å². The molecule has 12 nitrogen and oxygen atoms in total. The van der Waals surface area contributed by atoms with Crippen molar-refractivity contribution in [2.75, 3.05) is 34.5 Å². The Morgan fingerprint density at radius 1 is 0.619 bits per heavy atom. The van der Waals surface area contributed by atoms with Crippen LogP contribution in [0.2, 0.25) is 0 Å². The summed E-state index contributed by atoms with van der Waals surface area (Å²) in [7, 11) is 4.05. The Morgan fingerprint density at radius 3 is 1.50 bits per heavy atom. The largest absolute Gasteiger partial charge is 0.504 e. The number of methoxy groups -OCH3 is 3. The lowest BCUT2D eigenvalue weighted by atomic mass is 10.1. The second kappa shape index (κ2) is 15.0. The molecular weight excluding hydrogens is 552 g/mol. The molecule has 0 spiro atoms. The molecule has 0 heterocycles. The molecule has 0 saturated heterocycles. The van der Waals surface area contributed by atoms with E-state index in [9.17, 15) is 29.7 Å². The number of unbranched alkanes of at least 4 members (excludes halogenated alkanes) is 1. The van der Waals surface area contributed by atoms with Gasteiger partial charge in [0.05, 0.1) is 44.6 Å². The maximum absolute atomic E-state index is 12.8. The Kier molecular flexibility index (Phi) is 11.2. The van der Waals surface area contributed by atoms with Crippen LogP contribution in [-0.4, -0.2) is 73.9 Å². The summed E-state index contributed by atoms with van der Waals surface area (Å²) < 4.78 is 31.3. The molecular formula is C30H32O12. The number of hydrogen-bond donors (Lipinski definition) is 3. The van der Waals surface area contributed by atoms with E-state index in [-0.39, 0.29) is 70.8 Å². The van der Waals surface area contributed by atoms with Crippen LogP contribution in [0.3, 0.4) is 0 Å². The number of esters is 3. The van der Waals surface area contributed by atoms with Gasteiger partial charge in [-0.3, -0.25) is 0 Å². The summed E-state index contributed by atoms with van der Waals surface area (Å²) in [6.07, 6.45) is 0.244. The van der Waals surface area contributed by atoms with Crippen LogP contribution in [0, 0.1) is 0 Å². The van der Waals surface area contributed by atoms with E-state index in [2.05, 4.69) is 0 Å². The van der Waals surface area contributed by atoms with Crippen LogP contribution >= 0.6 is 0 Å². The molecule has 1 atom stereocenters. The van der Waals surface area contributed by atoms with Crippen molar-refractivity contribution in [1.82, 2.24) is 0 Å². The molecule has 0 fully saturated rings. The minimum absolute atomic E-state index is 0.0605. The van der Waals surface area contributed by atoms with Crippen molar-refractivity contribution in [2.45, 2.75) is 25.4 Å². The van der Waals surface area contributed by atoms with Crippen LogP contribution in [0.5, 0.6) is 34.5 Å². The fraction of sp³-hybridized carbons (Fsp3) is 0.300. The third-order valence-electron chi connectivity index (χ3n) is 6.07. The molecule has 224 valence electrons. The van der Waals surface area contributed by atoms with E-state index < -0.39 is 24.0 Å². The second-order valence-electron chi connectivity index (χ2n) is 8.92. The first-order valence-electron chi connectivity index (χ1n) is 12.8. The Morgan fingerprint density at radius 2 is 1.05 bits per heavy atom. The number of phenols is 3. The van der Waals surface area contributed by atoms with Crippen molar-refractivity contribution < 1.29 is 58.1 Å². The first kappa shape index (κ1) is 31.4. The summed E-state index contributed by atoms with van der Waals surface area (Å²) in [4.78, 5) is 37.8. The maximum Gasteiger partial charge on any atom is 0.338 e. The summed E-state index contributed by atoms with van der Waals surface area (Å²) in [5.74, 6) is -2.13. The van der Waals surface area contributed by atoms with Crippen LogP contribution in [0.4, 0.5) is 0 Å². The summed E-state index contributed by atoms with van der Waals surface area (Å²) in [5.41, 5.74) is 0.442.